The lowest BCUT2D eigenvalue weighted by atomic mass is 10.1. The van der Waals surface area contributed by atoms with Gasteiger partial charge in [0.25, 0.3) is 5.78 Å². The first-order chi connectivity index (χ1) is 12.0. The van der Waals surface area contributed by atoms with Crippen molar-refractivity contribution in [3.05, 3.63) is 46.8 Å². The highest BCUT2D eigenvalue weighted by atomic mass is 32.2. The molecule has 0 aliphatic carbocycles. The van der Waals surface area contributed by atoms with Crippen LogP contribution in [0.25, 0.3) is 5.78 Å². The van der Waals surface area contributed by atoms with Crippen LogP contribution >= 0.6 is 11.8 Å². The minimum atomic E-state index is -0.151. The minimum absolute atomic E-state index is 0.151. The molecular weight excluding hydrogens is 336 g/mol. The molecule has 0 aliphatic rings. The van der Waals surface area contributed by atoms with Gasteiger partial charge in [0.2, 0.25) is 11.1 Å². The van der Waals surface area contributed by atoms with Gasteiger partial charge in [0, 0.05) is 22.6 Å². The second-order valence-corrected chi connectivity index (χ2v) is 6.26. The first-order valence-electron chi connectivity index (χ1n) is 7.58. The van der Waals surface area contributed by atoms with Crippen LogP contribution in [0, 0.1) is 25.2 Å². The van der Waals surface area contributed by atoms with Crippen LogP contribution < -0.4 is 5.32 Å². The quantitative estimate of drug-likeness (QED) is 0.725. The molecule has 126 valence electrons. The largest absolute Gasteiger partial charge is 0.326 e. The maximum atomic E-state index is 12.4. The number of nitrogens with one attached hydrogen (secondary N) is 1. The molecule has 0 fully saturated rings. The molecule has 0 atom stereocenters. The first-order valence-corrected chi connectivity index (χ1v) is 8.81. The molecule has 0 saturated heterocycles. The summed E-state index contributed by atoms with van der Waals surface area (Å²) < 4.78 is 1.67. The van der Waals surface area contributed by atoms with Gasteiger partial charge in [0.05, 0.1) is 18.1 Å². The van der Waals surface area contributed by atoms with Gasteiger partial charge >= 0.3 is 0 Å². The summed E-state index contributed by atoms with van der Waals surface area (Å²) in [6, 6.07) is 8.80. The van der Waals surface area contributed by atoms with Crippen molar-refractivity contribution in [2.24, 2.45) is 0 Å². The number of aromatic nitrogens is 4. The molecule has 1 aromatic carbocycles. The van der Waals surface area contributed by atoms with E-state index >= 15 is 0 Å². The van der Waals surface area contributed by atoms with Crippen molar-refractivity contribution in [2.75, 3.05) is 11.6 Å². The highest BCUT2D eigenvalue weighted by Gasteiger charge is 2.16. The van der Waals surface area contributed by atoms with Crippen LogP contribution in [0.4, 0.5) is 5.69 Å². The third kappa shape index (κ3) is 3.46. The number of hydrogen-bond donors (Lipinski definition) is 1. The molecule has 25 heavy (non-hydrogen) atoms. The molecule has 0 unspecified atom stereocenters. The Kier molecular flexibility index (Phi) is 4.67. The van der Waals surface area contributed by atoms with Gasteiger partial charge in [0.15, 0.2) is 0 Å². The summed E-state index contributed by atoms with van der Waals surface area (Å²) >= 11 is 1.45. The van der Waals surface area contributed by atoms with Crippen LogP contribution in [0.2, 0.25) is 0 Å². The van der Waals surface area contributed by atoms with E-state index in [1.165, 1.54) is 11.8 Å². The zero-order valence-corrected chi connectivity index (χ0v) is 14.9. The summed E-state index contributed by atoms with van der Waals surface area (Å²) in [6.07, 6.45) is 2.10. The van der Waals surface area contributed by atoms with Gasteiger partial charge in [-0.3, -0.25) is 4.79 Å². The lowest BCUT2D eigenvalue weighted by Gasteiger charge is -2.10. The number of hydrogen-bond acceptors (Lipinski definition) is 6. The van der Waals surface area contributed by atoms with Gasteiger partial charge < -0.3 is 5.32 Å². The first kappa shape index (κ1) is 16.9. The van der Waals surface area contributed by atoms with Gasteiger partial charge in [-0.05, 0) is 44.4 Å². The molecular formula is C17H16N6OS. The number of carbonyl (C=O) groups is 1. The summed E-state index contributed by atoms with van der Waals surface area (Å²) in [7, 11) is 0. The fraction of sp³-hybridized carbons (Fsp3) is 0.235. The molecule has 8 heteroatoms. The third-order valence-electron chi connectivity index (χ3n) is 3.85. The van der Waals surface area contributed by atoms with Crippen LogP contribution in [0.3, 0.4) is 0 Å². The average Bonchev–Trinajstić information content (AvgIpc) is 3.02. The smallest absolute Gasteiger partial charge is 0.253 e. The van der Waals surface area contributed by atoms with Crippen molar-refractivity contribution in [1.29, 1.82) is 5.26 Å². The fourth-order valence-electron chi connectivity index (χ4n) is 2.53. The summed E-state index contributed by atoms with van der Waals surface area (Å²) in [6.45, 7) is 3.77. The Labute approximate surface area is 149 Å². The molecule has 0 radical (unpaired) electrons. The van der Waals surface area contributed by atoms with E-state index in [0.29, 0.717) is 22.2 Å². The van der Waals surface area contributed by atoms with Gasteiger partial charge in [-0.2, -0.15) is 10.2 Å². The number of carbonyl (C=O) groups excluding carboxylic acids is 1. The number of fused-ring (bicyclic) bond motifs is 1. The van der Waals surface area contributed by atoms with Crippen LogP contribution in [0.1, 0.15) is 22.5 Å². The highest BCUT2D eigenvalue weighted by molar-refractivity contribution is 7.98. The van der Waals surface area contributed by atoms with Crippen molar-refractivity contribution < 1.29 is 4.79 Å². The summed E-state index contributed by atoms with van der Waals surface area (Å²) in [5.41, 5.74) is 3.65. The molecule has 0 spiro atoms. The topological polar surface area (TPSA) is 96.0 Å². The Morgan fingerprint density at radius 1 is 1.28 bits per heavy atom. The zero-order valence-electron chi connectivity index (χ0n) is 14.1. The molecule has 7 nitrogen and oxygen atoms in total. The summed E-state index contributed by atoms with van der Waals surface area (Å²) in [4.78, 5) is 21.2. The van der Waals surface area contributed by atoms with E-state index in [0.717, 1.165) is 17.0 Å². The van der Waals surface area contributed by atoms with Gasteiger partial charge in [0.1, 0.15) is 0 Å². The Hall–Kier alpha value is -2.92. The molecule has 0 aliphatic heterocycles. The minimum Gasteiger partial charge on any atom is -0.326 e. The van der Waals surface area contributed by atoms with Gasteiger partial charge in [-0.15, -0.1) is 5.10 Å². The van der Waals surface area contributed by atoms with Crippen LogP contribution in [-0.4, -0.2) is 31.7 Å². The van der Waals surface area contributed by atoms with E-state index in [1.807, 2.05) is 26.2 Å². The zero-order chi connectivity index (χ0) is 18.0. The van der Waals surface area contributed by atoms with E-state index in [1.54, 1.807) is 28.8 Å². The standard InChI is InChI=1S/C17H16N6OS/c1-10-14(11(2)23-16(19-10)21-17(22-23)25-3)8-15(24)20-13-6-4-12(9-18)5-7-13/h4-7H,8H2,1-3H3,(H,20,24). The van der Waals surface area contributed by atoms with E-state index in [2.05, 4.69) is 20.4 Å². The number of amides is 1. The molecule has 3 aromatic rings. The normalized spacial score (nSPS) is 10.6. The molecule has 0 bridgehead atoms. The van der Waals surface area contributed by atoms with Gasteiger partial charge in [-0.1, -0.05) is 11.8 Å². The number of aryl methyl sites for hydroxylation is 2. The maximum absolute atomic E-state index is 12.4. The highest BCUT2D eigenvalue weighted by Crippen LogP contribution is 2.18. The Morgan fingerprint density at radius 3 is 2.64 bits per heavy atom. The van der Waals surface area contributed by atoms with Crippen molar-refractivity contribution in [3.8, 4) is 6.07 Å². The fourth-order valence-corrected chi connectivity index (χ4v) is 2.86. The molecule has 0 saturated carbocycles. The van der Waals surface area contributed by atoms with Gasteiger partial charge in [-0.25, -0.2) is 9.50 Å². The van der Waals surface area contributed by atoms with Crippen LogP contribution in [0.5, 0.6) is 0 Å². The number of benzene rings is 1. The van der Waals surface area contributed by atoms with E-state index < -0.39 is 0 Å². The second-order valence-electron chi connectivity index (χ2n) is 5.49. The Balaban J connectivity index is 1.83. The maximum Gasteiger partial charge on any atom is 0.253 e. The number of anilines is 1. The van der Waals surface area contributed by atoms with E-state index in [9.17, 15) is 4.79 Å². The molecule has 1 N–H and O–H groups in total. The lowest BCUT2D eigenvalue weighted by molar-refractivity contribution is -0.115. The van der Waals surface area contributed by atoms with E-state index in [-0.39, 0.29) is 12.3 Å². The Morgan fingerprint density at radius 2 is 2.00 bits per heavy atom. The number of nitrogens with zero attached hydrogens (tertiary/aromatic N) is 5. The number of rotatable bonds is 4. The molecule has 1 amide bonds. The molecule has 2 heterocycles. The van der Waals surface area contributed by atoms with Crippen LogP contribution in [0.15, 0.2) is 29.4 Å². The second kappa shape index (κ2) is 6.91. The number of nitriles is 1. The number of thioether (sulfide) groups is 1. The summed E-state index contributed by atoms with van der Waals surface area (Å²) in [5.74, 6) is 0.387. The van der Waals surface area contributed by atoms with Crippen molar-refractivity contribution in [2.45, 2.75) is 25.4 Å². The van der Waals surface area contributed by atoms with Crippen molar-refractivity contribution >= 4 is 29.1 Å². The third-order valence-corrected chi connectivity index (χ3v) is 4.39. The van der Waals surface area contributed by atoms with E-state index in [4.69, 9.17) is 5.26 Å². The predicted octanol–water partition coefficient (Wildman–Crippen LogP) is 2.52. The summed E-state index contributed by atoms with van der Waals surface area (Å²) in [5, 5.41) is 16.7. The van der Waals surface area contributed by atoms with Crippen LogP contribution in [-0.2, 0) is 11.2 Å². The monoisotopic (exact) mass is 352 g/mol. The van der Waals surface area contributed by atoms with Crippen molar-refractivity contribution in [3.63, 3.8) is 0 Å². The Bertz CT molecular complexity index is 987. The SMILES string of the molecule is CSc1nc2nc(C)c(CC(=O)Nc3ccc(C#N)cc3)c(C)n2n1. The average molecular weight is 352 g/mol. The molecule has 3 rings (SSSR count). The van der Waals surface area contributed by atoms with Crippen molar-refractivity contribution in [1.82, 2.24) is 19.6 Å². The molecule has 2 aromatic heterocycles. The lowest BCUT2D eigenvalue weighted by Crippen LogP contribution is -2.17. The predicted molar refractivity (Wildman–Crippen MR) is 95.5 cm³/mol.